The van der Waals surface area contributed by atoms with Gasteiger partial charge in [-0.2, -0.15) is 0 Å². The van der Waals surface area contributed by atoms with Gasteiger partial charge in [-0.05, 0) is 50.1 Å². The van der Waals surface area contributed by atoms with Gasteiger partial charge in [0, 0.05) is 30.1 Å². The lowest BCUT2D eigenvalue weighted by molar-refractivity contribution is 0.206. The summed E-state index contributed by atoms with van der Waals surface area (Å²) in [5.41, 5.74) is 7.08. The van der Waals surface area contributed by atoms with Crippen molar-refractivity contribution in [3.63, 3.8) is 0 Å². The average molecular weight is 397 g/mol. The number of halogens is 1. The number of nitrogens with one attached hydrogen (secondary N) is 1. The molecular weight excluding hydrogens is 368 g/mol. The zero-order chi connectivity index (χ0) is 20.7. The van der Waals surface area contributed by atoms with Gasteiger partial charge in [-0.25, -0.2) is 0 Å². The molecule has 2 rings (SSSR count). The Labute approximate surface area is 174 Å². The molecule has 0 bridgehead atoms. The number of rotatable bonds is 9. The van der Waals surface area contributed by atoms with Gasteiger partial charge in [0.15, 0.2) is 0 Å². The average Bonchev–Trinajstić information content (AvgIpc) is 2.67. The fourth-order valence-electron chi connectivity index (χ4n) is 3.03. The molecule has 148 valence electrons. The van der Waals surface area contributed by atoms with E-state index >= 15 is 0 Å². The van der Waals surface area contributed by atoms with Crippen molar-refractivity contribution in [2.75, 3.05) is 25.2 Å². The van der Waals surface area contributed by atoms with Crippen molar-refractivity contribution in [1.82, 2.24) is 5.32 Å². The Kier molecular flexibility index (Phi) is 7.91. The Hall–Kier alpha value is -2.49. The third kappa shape index (κ3) is 5.51. The van der Waals surface area contributed by atoms with E-state index in [-0.39, 0.29) is 0 Å². The predicted octanol–water partition coefficient (Wildman–Crippen LogP) is 6.09. The van der Waals surface area contributed by atoms with E-state index in [1.165, 1.54) is 11.1 Å². The fourth-order valence-corrected chi connectivity index (χ4v) is 3.16. The largest absolute Gasteiger partial charge is 0.383 e. The Morgan fingerprint density at radius 1 is 1.14 bits per heavy atom. The van der Waals surface area contributed by atoms with Gasteiger partial charge in [-0.1, -0.05) is 60.7 Å². The molecule has 3 nitrogen and oxygen atoms in total. The summed E-state index contributed by atoms with van der Waals surface area (Å²) < 4.78 is 5.33. The van der Waals surface area contributed by atoms with Gasteiger partial charge < -0.3 is 15.0 Å². The molecule has 0 aliphatic carbocycles. The minimum absolute atomic E-state index is 0.599. The van der Waals surface area contributed by atoms with Crippen LogP contribution in [0.15, 0.2) is 73.1 Å². The van der Waals surface area contributed by atoms with Gasteiger partial charge in [0.1, 0.15) is 0 Å². The van der Waals surface area contributed by atoms with Crippen molar-refractivity contribution in [1.29, 1.82) is 0 Å². The highest BCUT2D eigenvalue weighted by Gasteiger charge is 2.16. The molecule has 0 amide bonds. The summed E-state index contributed by atoms with van der Waals surface area (Å²) >= 11 is 5.99. The highest BCUT2D eigenvalue weighted by Crippen LogP contribution is 2.27. The van der Waals surface area contributed by atoms with Crippen molar-refractivity contribution >= 4 is 23.0 Å². The SMILES string of the molecule is C=C(N/C(=C\C)C(=C)N(CCOC)c1ccc(C)cc1C)c1ccc(Cl)cc1. The molecule has 0 aliphatic rings. The zero-order valence-corrected chi connectivity index (χ0v) is 17.9. The molecule has 1 N–H and O–H groups in total. The maximum absolute atomic E-state index is 5.99. The quantitative estimate of drug-likeness (QED) is 0.519. The summed E-state index contributed by atoms with van der Waals surface area (Å²) in [6.07, 6.45) is 2.01. The van der Waals surface area contributed by atoms with Gasteiger partial charge in [0.25, 0.3) is 0 Å². The minimum atomic E-state index is 0.599. The number of nitrogens with zero attached hydrogens (tertiary/aromatic N) is 1. The van der Waals surface area contributed by atoms with Crippen molar-refractivity contribution < 1.29 is 4.74 Å². The molecular formula is C24H29ClN2O. The van der Waals surface area contributed by atoms with E-state index in [4.69, 9.17) is 16.3 Å². The van der Waals surface area contributed by atoms with Crippen LogP contribution >= 0.6 is 11.6 Å². The Bertz CT molecular complexity index is 869. The second kappa shape index (κ2) is 10.2. The van der Waals surface area contributed by atoms with Crippen LogP contribution in [0.2, 0.25) is 5.02 Å². The number of aryl methyl sites for hydroxylation is 2. The van der Waals surface area contributed by atoms with E-state index in [1.807, 2.05) is 37.3 Å². The smallest absolute Gasteiger partial charge is 0.0642 e. The Morgan fingerprint density at radius 3 is 2.39 bits per heavy atom. The first kappa shape index (κ1) is 21.8. The molecule has 0 heterocycles. The van der Waals surface area contributed by atoms with E-state index in [9.17, 15) is 0 Å². The van der Waals surface area contributed by atoms with Crippen LogP contribution in [0.1, 0.15) is 23.6 Å². The second-order valence-corrected chi connectivity index (χ2v) is 7.13. The fraction of sp³-hybridized carbons (Fsp3) is 0.250. The van der Waals surface area contributed by atoms with Crippen LogP contribution in [-0.4, -0.2) is 20.3 Å². The van der Waals surface area contributed by atoms with Crippen molar-refractivity contribution in [3.05, 3.63) is 94.8 Å². The van der Waals surface area contributed by atoms with E-state index in [1.54, 1.807) is 7.11 Å². The molecule has 0 aromatic heterocycles. The first-order valence-electron chi connectivity index (χ1n) is 9.28. The molecule has 2 aromatic carbocycles. The highest BCUT2D eigenvalue weighted by atomic mass is 35.5. The van der Waals surface area contributed by atoms with Crippen LogP contribution in [0.5, 0.6) is 0 Å². The summed E-state index contributed by atoms with van der Waals surface area (Å²) in [5.74, 6) is 0. The lowest BCUT2D eigenvalue weighted by Gasteiger charge is -2.30. The lowest BCUT2D eigenvalue weighted by Crippen LogP contribution is -2.30. The predicted molar refractivity (Wildman–Crippen MR) is 122 cm³/mol. The molecule has 4 heteroatoms. The van der Waals surface area contributed by atoms with Crippen LogP contribution < -0.4 is 10.2 Å². The molecule has 28 heavy (non-hydrogen) atoms. The molecule has 0 fully saturated rings. The maximum atomic E-state index is 5.99. The van der Waals surface area contributed by atoms with Gasteiger partial charge >= 0.3 is 0 Å². The van der Waals surface area contributed by atoms with Crippen molar-refractivity contribution in [3.8, 4) is 0 Å². The van der Waals surface area contributed by atoms with E-state index < -0.39 is 0 Å². The number of hydrogen-bond acceptors (Lipinski definition) is 3. The number of benzene rings is 2. The highest BCUT2D eigenvalue weighted by molar-refractivity contribution is 6.30. The molecule has 0 aliphatic heterocycles. The van der Waals surface area contributed by atoms with Crippen LogP contribution in [0.3, 0.4) is 0 Å². The summed E-state index contributed by atoms with van der Waals surface area (Å²) in [6, 6.07) is 14.0. The normalized spacial score (nSPS) is 11.2. The topological polar surface area (TPSA) is 24.5 Å². The first-order valence-corrected chi connectivity index (χ1v) is 9.66. The molecule has 0 saturated heterocycles. The number of hydrogen-bond donors (Lipinski definition) is 1. The van der Waals surface area contributed by atoms with E-state index in [0.29, 0.717) is 18.2 Å². The maximum Gasteiger partial charge on any atom is 0.0642 e. The summed E-state index contributed by atoms with van der Waals surface area (Å²) in [5, 5.41) is 4.10. The summed E-state index contributed by atoms with van der Waals surface area (Å²) in [6.45, 7) is 16.0. The van der Waals surface area contributed by atoms with Gasteiger partial charge in [0.05, 0.1) is 18.0 Å². The van der Waals surface area contributed by atoms with Crippen molar-refractivity contribution in [2.24, 2.45) is 0 Å². The van der Waals surface area contributed by atoms with Crippen molar-refractivity contribution in [2.45, 2.75) is 20.8 Å². The van der Waals surface area contributed by atoms with Crippen LogP contribution in [0.4, 0.5) is 5.69 Å². The second-order valence-electron chi connectivity index (χ2n) is 6.69. The summed E-state index contributed by atoms with van der Waals surface area (Å²) in [4.78, 5) is 2.18. The molecule has 0 spiro atoms. The van der Waals surface area contributed by atoms with E-state index in [2.05, 4.69) is 55.4 Å². The molecule has 0 saturated carbocycles. The van der Waals surface area contributed by atoms with E-state index in [0.717, 1.165) is 28.3 Å². The van der Waals surface area contributed by atoms with Gasteiger partial charge in [-0.15, -0.1) is 0 Å². The molecule has 2 aromatic rings. The van der Waals surface area contributed by atoms with Gasteiger partial charge in [0.2, 0.25) is 0 Å². The monoisotopic (exact) mass is 396 g/mol. The Morgan fingerprint density at radius 2 is 1.82 bits per heavy atom. The van der Waals surface area contributed by atoms with Crippen LogP contribution in [-0.2, 0) is 4.74 Å². The minimum Gasteiger partial charge on any atom is -0.383 e. The standard InChI is InChI=1S/C24H29ClN2O/c1-7-23(26-19(4)21-9-11-22(25)12-10-21)20(5)27(14-15-28-6)24-13-8-17(2)16-18(24)3/h7-13,16,26H,4-5,14-15H2,1-3,6H3/b23-7-. The van der Waals surface area contributed by atoms with Crippen LogP contribution in [0.25, 0.3) is 5.70 Å². The summed E-state index contributed by atoms with van der Waals surface area (Å²) in [7, 11) is 1.71. The third-order valence-corrected chi connectivity index (χ3v) is 4.82. The number of anilines is 1. The third-order valence-electron chi connectivity index (χ3n) is 4.57. The van der Waals surface area contributed by atoms with Crippen LogP contribution in [0, 0.1) is 13.8 Å². The van der Waals surface area contributed by atoms with Gasteiger partial charge in [-0.3, -0.25) is 0 Å². The zero-order valence-electron chi connectivity index (χ0n) is 17.2. The Balaban J connectivity index is 2.27. The molecule has 0 radical (unpaired) electrons. The first-order chi connectivity index (χ1) is 13.4. The number of allylic oxidation sites excluding steroid dienone is 1. The lowest BCUT2D eigenvalue weighted by atomic mass is 10.1. The molecule has 0 unspecified atom stereocenters. The molecule has 0 atom stereocenters. The number of methoxy groups -OCH3 is 1. The number of ether oxygens (including phenoxy) is 1.